The molecule has 0 aliphatic carbocycles. The van der Waals surface area contributed by atoms with E-state index in [0.717, 1.165) is 6.42 Å². The summed E-state index contributed by atoms with van der Waals surface area (Å²) < 4.78 is 5.02. The molecule has 0 fully saturated rings. The SMILES string of the molecule is CCC(OC)C(O)CNC. The molecule has 0 saturated heterocycles. The first-order valence-electron chi connectivity index (χ1n) is 3.61. The number of hydrogen-bond donors (Lipinski definition) is 2. The quantitative estimate of drug-likeness (QED) is 0.575. The molecule has 10 heavy (non-hydrogen) atoms. The van der Waals surface area contributed by atoms with Crippen LogP contribution in [0.4, 0.5) is 0 Å². The molecule has 2 atom stereocenters. The van der Waals surface area contributed by atoms with Crippen LogP contribution in [0, 0.1) is 0 Å². The average molecular weight is 147 g/mol. The summed E-state index contributed by atoms with van der Waals surface area (Å²) in [6, 6.07) is 0. The van der Waals surface area contributed by atoms with Gasteiger partial charge < -0.3 is 15.2 Å². The lowest BCUT2D eigenvalue weighted by Crippen LogP contribution is -2.35. The minimum atomic E-state index is -0.389. The van der Waals surface area contributed by atoms with Crippen LogP contribution in [-0.4, -0.2) is 38.0 Å². The van der Waals surface area contributed by atoms with Crippen molar-refractivity contribution in [2.75, 3.05) is 20.7 Å². The van der Waals surface area contributed by atoms with E-state index in [9.17, 15) is 5.11 Å². The number of aliphatic hydroxyl groups excluding tert-OH is 1. The van der Waals surface area contributed by atoms with Crippen LogP contribution in [0.25, 0.3) is 0 Å². The summed E-state index contributed by atoms with van der Waals surface area (Å²) in [5.41, 5.74) is 0. The van der Waals surface area contributed by atoms with Gasteiger partial charge in [0.1, 0.15) is 0 Å². The average Bonchev–Trinajstić information content (AvgIpc) is 1.91. The van der Waals surface area contributed by atoms with Gasteiger partial charge >= 0.3 is 0 Å². The predicted octanol–water partition coefficient (Wildman–Crippen LogP) is -0.00830. The van der Waals surface area contributed by atoms with Crippen molar-refractivity contribution in [1.82, 2.24) is 5.32 Å². The second-order valence-corrected chi connectivity index (χ2v) is 2.31. The van der Waals surface area contributed by atoms with E-state index in [2.05, 4.69) is 5.32 Å². The van der Waals surface area contributed by atoms with Crippen molar-refractivity contribution in [2.24, 2.45) is 0 Å². The Morgan fingerprint density at radius 2 is 2.20 bits per heavy atom. The molecule has 0 saturated carbocycles. The smallest absolute Gasteiger partial charge is 0.0925 e. The molecule has 2 unspecified atom stereocenters. The van der Waals surface area contributed by atoms with E-state index in [0.29, 0.717) is 6.54 Å². The van der Waals surface area contributed by atoms with Gasteiger partial charge in [-0.05, 0) is 13.5 Å². The van der Waals surface area contributed by atoms with Gasteiger partial charge in [0.2, 0.25) is 0 Å². The van der Waals surface area contributed by atoms with Crippen LogP contribution in [0.1, 0.15) is 13.3 Å². The summed E-state index contributed by atoms with van der Waals surface area (Å²) in [6.07, 6.45) is 0.423. The maximum absolute atomic E-state index is 9.32. The Balaban J connectivity index is 3.53. The molecule has 0 rings (SSSR count). The van der Waals surface area contributed by atoms with Gasteiger partial charge in [-0.15, -0.1) is 0 Å². The Morgan fingerprint density at radius 1 is 1.60 bits per heavy atom. The van der Waals surface area contributed by atoms with Crippen molar-refractivity contribution in [3.63, 3.8) is 0 Å². The highest BCUT2D eigenvalue weighted by atomic mass is 16.5. The van der Waals surface area contributed by atoms with Crippen LogP contribution < -0.4 is 5.32 Å². The van der Waals surface area contributed by atoms with Crippen molar-refractivity contribution in [1.29, 1.82) is 0 Å². The van der Waals surface area contributed by atoms with E-state index in [4.69, 9.17) is 4.74 Å². The molecule has 0 aliphatic rings. The van der Waals surface area contributed by atoms with E-state index in [1.54, 1.807) is 7.11 Å². The van der Waals surface area contributed by atoms with Gasteiger partial charge in [-0.2, -0.15) is 0 Å². The molecule has 2 N–H and O–H groups in total. The third-order valence-corrected chi connectivity index (χ3v) is 1.55. The summed E-state index contributed by atoms with van der Waals surface area (Å²) in [7, 11) is 3.43. The monoisotopic (exact) mass is 147 g/mol. The maximum Gasteiger partial charge on any atom is 0.0925 e. The first-order valence-corrected chi connectivity index (χ1v) is 3.61. The molecule has 3 heteroatoms. The molecular formula is C7H17NO2. The molecule has 0 spiro atoms. The molecule has 3 nitrogen and oxygen atoms in total. The Labute approximate surface area is 62.4 Å². The lowest BCUT2D eigenvalue weighted by Gasteiger charge is -2.19. The van der Waals surface area contributed by atoms with Gasteiger partial charge in [-0.1, -0.05) is 6.92 Å². The molecule has 0 aliphatic heterocycles. The Hall–Kier alpha value is -0.120. The number of nitrogens with one attached hydrogen (secondary N) is 1. The first-order chi connectivity index (χ1) is 4.76. The molecule has 62 valence electrons. The van der Waals surface area contributed by atoms with E-state index in [1.165, 1.54) is 0 Å². The number of rotatable bonds is 5. The lowest BCUT2D eigenvalue weighted by molar-refractivity contribution is -0.0116. The van der Waals surface area contributed by atoms with E-state index in [1.807, 2.05) is 14.0 Å². The third kappa shape index (κ3) is 3.15. The summed E-state index contributed by atoms with van der Waals surface area (Å²) in [4.78, 5) is 0. The van der Waals surface area contributed by atoms with Gasteiger partial charge in [-0.25, -0.2) is 0 Å². The number of aliphatic hydroxyl groups is 1. The fourth-order valence-electron chi connectivity index (χ4n) is 0.936. The number of likely N-dealkylation sites (N-methyl/N-ethyl adjacent to an activating group) is 1. The summed E-state index contributed by atoms with van der Waals surface area (Å²) in [5.74, 6) is 0. The Bertz CT molecular complexity index is 74.0. The van der Waals surface area contributed by atoms with Gasteiger partial charge in [0.15, 0.2) is 0 Å². The van der Waals surface area contributed by atoms with E-state index >= 15 is 0 Å². The van der Waals surface area contributed by atoms with Gasteiger partial charge in [0.25, 0.3) is 0 Å². The van der Waals surface area contributed by atoms with Crippen molar-refractivity contribution in [3.8, 4) is 0 Å². The zero-order valence-electron chi connectivity index (χ0n) is 6.92. The number of hydrogen-bond acceptors (Lipinski definition) is 3. The van der Waals surface area contributed by atoms with Crippen molar-refractivity contribution < 1.29 is 9.84 Å². The standard InChI is InChI=1S/C7H17NO2/c1-4-7(10-3)6(9)5-8-2/h6-9H,4-5H2,1-3H3. The fourth-order valence-corrected chi connectivity index (χ4v) is 0.936. The number of ether oxygens (including phenoxy) is 1. The van der Waals surface area contributed by atoms with E-state index < -0.39 is 0 Å². The van der Waals surface area contributed by atoms with Crippen LogP contribution in [0.2, 0.25) is 0 Å². The van der Waals surface area contributed by atoms with Crippen LogP contribution >= 0.6 is 0 Å². The molecular weight excluding hydrogens is 130 g/mol. The Kier molecular flexibility index (Phi) is 5.58. The fraction of sp³-hybridized carbons (Fsp3) is 1.00. The zero-order valence-corrected chi connectivity index (χ0v) is 6.92. The predicted molar refractivity (Wildman–Crippen MR) is 41.0 cm³/mol. The normalized spacial score (nSPS) is 16.8. The molecule has 0 radical (unpaired) electrons. The molecule has 0 aromatic rings. The molecule has 0 aromatic carbocycles. The second-order valence-electron chi connectivity index (χ2n) is 2.31. The highest BCUT2D eigenvalue weighted by Crippen LogP contribution is 2.01. The van der Waals surface area contributed by atoms with Crippen molar-refractivity contribution in [2.45, 2.75) is 25.6 Å². The first kappa shape index (κ1) is 9.88. The van der Waals surface area contributed by atoms with Gasteiger partial charge in [-0.3, -0.25) is 0 Å². The van der Waals surface area contributed by atoms with E-state index in [-0.39, 0.29) is 12.2 Å². The minimum absolute atomic E-state index is 0.0348. The summed E-state index contributed by atoms with van der Waals surface area (Å²) >= 11 is 0. The van der Waals surface area contributed by atoms with Crippen molar-refractivity contribution >= 4 is 0 Å². The van der Waals surface area contributed by atoms with Gasteiger partial charge in [0.05, 0.1) is 12.2 Å². The second kappa shape index (κ2) is 5.65. The minimum Gasteiger partial charge on any atom is -0.389 e. The van der Waals surface area contributed by atoms with Crippen LogP contribution in [-0.2, 0) is 4.74 Å². The zero-order chi connectivity index (χ0) is 7.98. The van der Waals surface area contributed by atoms with Crippen LogP contribution in [0.15, 0.2) is 0 Å². The molecule has 0 amide bonds. The summed E-state index contributed by atoms with van der Waals surface area (Å²) in [5, 5.41) is 12.2. The maximum atomic E-state index is 9.32. The largest absolute Gasteiger partial charge is 0.389 e. The highest BCUT2D eigenvalue weighted by molar-refractivity contribution is 4.68. The Morgan fingerprint density at radius 3 is 2.50 bits per heavy atom. The van der Waals surface area contributed by atoms with Crippen LogP contribution in [0.5, 0.6) is 0 Å². The third-order valence-electron chi connectivity index (χ3n) is 1.55. The van der Waals surface area contributed by atoms with Gasteiger partial charge in [0, 0.05) is 13.7 Å². The highest BCUT2D eigenvalue weighted by Gasteiger charge is 2.14. The number of methoxy groups -OCH3 is 1. The molecule has 0 heterocycles. The topological polar surface area (TPSA) is 41.5 Å². The lowest BCUT2D eigenvalue weighted by atomic mass is 10.1. The molecule has 0 aromatic heterocycles. The summed E-state index contributed by atoms with van der Waals surface area (Å²) in [6.45, 7) is 2.58. The molecule has 0 bridgehead atoms. The van der Waals surface area contributed by atoms with Crippen LogP contribution in [0.3, 0.4) is 0 Å². The van der Waals surface area contributed by atoms with Crippen molar-refractivity contribution in [3.05, 3.63) is 0 Å².